The van der Waals surface area contributed by atoms with Crippen LogP contribution in [0.15, 0.2) is 0 Å². The predicted octanol–water partition coefficient (Wildman–Crippen LogP) is 4.52. The third kappa shape index (κ3) is 2.75. The summed E-state index contributed by atoms with van der Waals surface area (Å²) in [6.45, 7) is 9.98. The van der Waals surface area contributed by atoms with Gasteiger partial charge in [-0.25, -0.2) is 0 Å². The summed E-state index contributed by atoms with van der Waals surface area (Å²) >= 11 is 0. The van der Waals surface area contributed by atoms with E-state index < -0.39 is 0 Å². The fourth-order valence-electron chi connectivity index (χ4n) is 3.80. The zero-order valence-electron chi connectivity index (χ0n) is 12.6. The van der Waals surface area contributed by atoms with Gasteiger partial charge in [0.15, 0.2) is 5.79 Å². The monoisotopic (exact) mass is 254 g/mol. The molecule has 106 valence electrons. The molecule has 1 aliphatic heterocycles. The van der Waals surface area contributed by atoms with Gasteiger partial charge in [0.2, 0.25) is 0 Å². The maximum atomic E-state index is 6.35. The molecule has 2 rings (SSSR count). The second kappa shape index (κ2) is 5.50. The van der Waals surface area contributed by atoms with Crippen molar-refractivity contribution in [1.82, 2.24) is 0 Å². The molecule has 18 heavy (non-hydrogen) atoms. The quantitative estimate of drug-likeness (QED) is 0.671. The van der Waals surface area contributed by atoms with E-state index in [9.17, 15) is 0 Å². The molecule has 2 fully saturated rings. The first-order chi connectivity index (χ1) is 8.49. The van der Waals surface area contributed by atoms with Crippen molar-refractivity contribution in [2.75, 3.05) is 6.61 Å². The summed E-state index contributed by atoms with van der Waals surface area (Å²) in [6, 6.07) is 0. The number of rotatable bonds is 5. The van der Waals surface area contributed by atoms with E-state index in [-0.39, 0.29) is 11.2 Å². The first-order valence-corrected chi connectivity index (χ1v) is 7.81. The Morgan fingerprint density at radius 3 is 2.50 bits per heavy atom. The van der Waals surface area contributed by atoms with Crippen molar-refractivity contribution in [3.8, 4) is 0 Å². The second-order valence-corrected chi connectivity index (χ2v) is 7.05. The fourth-order valence-corrected chi connectivity index (χ4v) is 3.80. The van der Waals surface area contributed by atoms with Gasteiger partial charge in [-0.1, -0.05) is 53.4 Å². The highest BCUT2D eigenvalue weighted by Gasteiger charge is 2.57. The van der Waals surface area contributed by atoms with E-state index in [2.05, 4.69) is 27.7 Å². The van der Waals surface area contributed by atoms with E-state index in [4.69, 9.17) is 9.47 Å². The number of unbranched alkanes of at least 4 members (excludes halogenated alkanes) is 3. The van der Waals surface area contributed by atoms with Crippen LogP contribution < -0.4 is 0 Å². The largest absolute Gasteiger partial charge is 0.347 e. The Labute approximate surface area is 112 Å². The zero-order chi connectivity index (χ0) is 13.2. The summed E-state index contributed by atoms with van der Waals surface area (Å²) in [6.07, 6.45) is 9.08. The van der Waals surface area contributed by atoms with E-state index in [1.165, 1.54) is 38.5 Å². The van der Waals surface area contributed by atoms with Crippen LogP contribution in [-0.4, -0.2) is 18.5 Å². The lowest BCUT2D eigenvalue weighted by molar-refractivity contribution is -0.221. The van der Waals surface area contributed by atoms with Gasteiger partial charge in [-0.2, -0.15) is 0 Å². The van der Waals surface area contributed by atoms with Crippen molar-refractivity contribution < 1.29 is 9.47 Å². The van der Waals surface area contributed by atoms with Gasteiger partial charge in [-0.15, -0.1) is 0 Å². The van der Waals surface area contributed by atoms with Crippen LogP contribution in [-0.2, 0) is 9.47 Å². The van der Waals surface area contributed by atoms with Gasteiger partial charge < -0.3 is 9.47 Å². The van der Waals surface area contributed by atoms with Crippen LogP contribution >= 0.6 is 0 Å². The summed E-state index contributed by atoms with van der Waals surface area (Å²) in [5.74, 6) is 0.445. The van der Waals surface area contributed by atoms with Crippen molar-refractivity contribution in [2.24, 2.45) is 11.3 Å². The van der Waals surface area contributed by atoms with Crippen molar-refractivity contribution in [3.05, 3.63) is 0 Å². The molecule has 0 radical (unpaired) electrons. The molecular formula is C16H30O2. The van der Waals surface area contributed by atoms with Crippen molar-refractivity contribution >= 4 is 0 Å². The van der Waals surface area contributed by atoms with Crippen molar-refractivity contribution in [1.29, 1.82) is 0 Å². The molecule has 1 saturated heterocycles. The maximum Gasteiger partial charge on any atom is 0.174 e. The van der Waals surface area contributed by atoms with Crippen molar-refractivity contribution in [3.63, 3.8) is 0 Å². The number of hydrogen-bond acceptors (Lipinski definition) is 2. The van der Waals surface area contributed by atoms with E-state index in [1.54, 1.807) is 0 Å². The summed E-state index contributed by atoms with van der Waals surface area (Å²) < 4.78 is 12.5. The van der Waals surface area contributed by atoms with Crippen LogP contribution in [0.5, 0.6) is 0 Å². The molecular weight excluding hydrogens is 224 g/mol. The molecule has 3 unspecified atom stereocenters. The smallest absolute Gasteiger partial charge is 0.174 e. The topological polar surface area (TPSA) is 18.5 Å². The Hall–Kier alpha value is -0.0800. The van der Waals surface area contributed by atoms with E-state index >= 15 is 0 Å². The zero-order valence-corrected chi connectivity index (χ0v) is 12.6. The van der Waals surface area contributed by atoms with E-state index in [1.807, 2.05) is 0 Å². The van der Waals surface area contributed by atoms with Gasteiger partial charge >= 0.3 is 0 Å². The molecule has 0 aromatic carbocycles. The minimum Gasteiger partial charge on any atom is -0.347 e. The Balaban J connectivity index is 1.84. The normalized spacial score (nSPS) is 38.7. The Kier molecular flexibility index (Phi) is 4.38. The third-order valence-electron chi connectivity index (χ3n) is 4.75. The van der Waals surface area contributed by atoms with Gasteiger partial charge in [-0.3, -0.25) is 0 Å². The van der Waals surface area contributed by atoms with Gasteiger partial charge in [0, 0.05) is 11.8 Å². The van der Waals surface area contributed by atoms with Crippen molar-refractivity contribution in [2.45, 2.75) is 84.5 Å². The van der Waals surface area contributed by atoms with E-state index in [0.29, 0.717) is 6.10 Å². The SMILES string of the molecule is CCCCCCC1COC2(CC(C)CC2(C)C)O1. The molecule has 1 aliphatic carbocycles. The lowest BCUT2D eigenvalue weighted by Crippen LogP contribution is -2.41. The number of hydrogen-bond donors (Lipinski definition) is 0. The van der Waals surface area contributed by atoms with Crippen LogP contribution in [0.3, 0.4) is 0 Å². The van der Waals surface area contributed by atoms with Gasteiger partial charge in [0.05, 0.1) is 12.7 Å². The van der Waals surface area contributed by atoms with Crippen LogP contribution in [0.4, 0.5) is 0 Å². The Morgan fingerprint density at radius 2 is 1.89 bits per heavy atom. The van der Waals surface area contributed by atoms with E-state index in [0.717, 1.165) is 18.9 Å². The molecule has 0 aromatic heterocycles. The Bertz CT molecular complexity index is 274. The molecule has 2 aliphatic rings. The van der Waals surface area contributed by atoms with Crippen LogP contribution in [0.25, 0.3) is 0 Å². The summed E-state index contributed by atoms with van der Waals surface area (Å²) in [5.41, 5.74) is 0.171. The lowest BCUT2D eigenvalue weighted by atomic mass is 9.86. The lowest BCUT2D eigenvalue weighted by Gasteiger charge is -2.36. The predicted molar refractivity (Wildman–Crippen MR) is 74.5 cm³/mol. The molecule has 2 nitrogen and oxygen atoms in total. The number of ether oxygens (including phenoxy) is 2. The van der Waals surface area contributed by atoms with Gasteiger partial charge in [-0.05, 0) is 18.8 Å². The first-order valence-electron chi connectivity index (χ1n) is 7.81. The molecule has 3 atom stereocenters. The minimum absolute atomic E-state index is 0.171. The maximum absolute atomic E-state index is 6.35. The first kappa shape index (κ1) is 14.3. The molecule has 1 spiro atoms. The summed E-state index contributed by atoms with van der Waals surface area (Å²) in [7, 11) is 0. The van der Waals surface area contributed by atoms with Crippen LogP contribution in [0.1, 0.15) is 72.6 Å². The molecule has 1 heterocycles. The highest BCUT2D eigenvalue weighted by atomic mass is 16.7. The summed E-state index contributed by atoms with van der Waals surface area (Å²) in [4.78, 5) is 0. The van der Waals surface area contributed by atoms with Gasteiger partial charge in [0.1, 0.15) is 0 Å². The molecule has 2 heteroatoms. The molecule has 0 amide bonds. The highest BCUT2D eigenvalue weighted by molar-refractivity contribution is 4.99. The average molecular weight is 254 g/mol. The fraction of sp³-hybridized carbons (Fsp3) is 1.00. The molecule has 0 N–H and O–H groups in total. The minimum atomic E-state index is -0.276. The average Bonchev–Trinajstić information content (AvgIpc) is 2.77. The molecule has 1 saturated carbocycles. The van der Waals surface area contributed by atoms with Crippen LogP contribution in [0, 0.1) is 11.3 Å². The third-order valence-corrected chi connectivity index (χ3v) is 4.75. The second-order valence-electron chi connectivity index (χ2n) is 7.05. The highest BCUT2D eigenvalue weighted by Crippen LogP contribution is 2.54. The Morgan fingerprint density at radius 1 is 1.11 bits per heavy atom. The molecule has 0 aromatic rings. The van der Waals surface area contributed by atoms with Crippen LogP contribution in [0.2, 0.25) is 0 Å². The molecule has 0 bridgehead atoms. The summed E-state index contributed by atoms with van der Waals surface area (Å²) in [5, 5.41) is 0. The standard InChI is InChI=1S/C16H30O2/c1-5-6-7-8-9-14-12-17-16(18-14)11-13(2)10-15(16,3)4/h13-14H,5-12H2,1-4H3. The van der Waals surface area contributed by atoms with Gasteiger partial charge in [0.25, 0.3) is 0 Å².